The molecular formula is C23H23IN2Se2. The Hall–Kier alpha value is -1.10. The fourth-order valence-electron chi connectivity index (χ4n) is 3.20. The molecule has 2 heterocycles. The van der Waals surface area contributed by atoms with Crippen LogP contribution >= 0.6 is 0 Å². The van der Waals surface area contributed by atoms with Crippen LogP contribution in [0.25, 0.3) is 16.0 Å². The second-order valence-electron chi connectivity index (χ2n) is 6.33. The Morgan fingerprint density at radius 1 is 1.07 bits per heavy atom. The van der Waals surface area contributed by atoms with Crippen LogP contribution in [0.2, 0.25) is 0 Å². The second kappa shape index (κ2) is 10.1. The molecule has 28 heavy (non-hydrogen) atoms. The topological polar surface area (TPSA) is 7.12 Å². The Bertz CT molecular complexity index is 1050. The maximum atomic E-state index is 2.45. The number of allylic oxidation sites excluding steroid dienone is 4. The molecule has 4 rings (SSSR count). The third-order valence-corrected chi connectivity index (χ3v) is 9.01. The summed E-state index contributed by atoms with van der Waals surface area (Å²) in [6.45, 7) is 5.49. The number of aromatic nitrogens is 1. The maximum Gasteiger partial charge on any atom is -1.00 e. The molecule has 0 N–H and O–H groups in total. The van der Waals surface area contributed by atoms with E-state index in [1.165, 1.54) is 30.1 Å². The number of nitrogens with zero attached hydrogens (tertiary/aromatic N) is 2. The Kier molecular flexibility index (Phi) is 7.78. The van der Waals surface area contributed by atoms with Crippen molar-refractivity contribution in [2.45, 2.75) is 20.3 Å². The SMILES string of the molecule is CCC(C=C[n+]1c[se]c2ccccc21)=CC=C1[Se]c2ccccc2N1CC.[I-]. The van der Waals surface area contributed by atoms with E-state index < -0.39 is 0 Å². The van der Waals surface area contributed by atoms with Crippen molar-refractivity contribution in [3.63, 3.8) is 0 Å². The van der Waals surface area contributed by atoms with Crippen LogP contribution in [0.15, 0.2) is 82.0 Å². The summed E-state index contributed by atoms with van der Waals surface area (Å²) in [4.78, 5) is 2.45. The van der Waals surface area contributed by atoms with Gasteiger partial charge in [-0.1, -0.05) is 0 Å². The van der Waals surface area contributed by atoms with E-state index in [1.54, 1.807) is 0 Å². The van der Waals surface area contributed by atoms with Gasteiger partial charge in [0.2, 0.25) is 0 Å². The monoisotopic (exact) mass is 614 g/mol. The van der Waals surface area contributed by atoms with Gasteiger partial charge in [0, 0.05) is 0 Å². The molecule has 0 fully saturated rings. The molecule has 0 bridgehead atoms. The van der Waals surface area contributed by atoms with Gasteiger partial charge in [-0.25, -0.2) is 0 Å². The summed E-state index contributed by atoms with van der Waals surface area (Å²) in [7, 11) is 0. The smallest absolute Gasteiger partial charge is 1.00 e. The minimum atomic E-state index is 0. The Morgan fingerprint density at radius 3 is 2.68 bits per heavy atom. The first-order valence-corrected chi connectivity index (χ1v) is 12.9. The second-order valence-corrected chi connectivity index (χ2v) is 10.4. The number of fused-ring (bicyclic) bond motifs is 2. The van der Waals surface area contributed by atoms with Gasteiger partial charge in [0.05, 0.1) is 0 Å². The molecule has 1 aliphatic rings. The normalized spacial score (nSPS) is 15.4. The Morgan fingerprint density at radius 2 is 1.86 bits per heavy atom. The van der Waals surface area contributed by atoms with E-state index in [9.17, 15) is 0 Å². The van der Waals surface area contributed by atoms with Gasteiger partial charge < -0.3 is 24.0 Å². The van der Waals surface area contributed by atoms with Gasteiger partial charge in [0.1, 0.15) is 0 Å². The molecule has 144 valence electrons. The largest absolute Gasteiger partial charge is 1.00 e. The molecule has 0 unspecified atom stereocenters. The van der Waals surface area contributed by atoms with Crippen LogP contribution in [0.3, 0.4) is 0 Å². The van der Waals surface area contributed by atoms with Crippen LogP contribution in [0.1, 0.15) is 20.3 Å². The first-order chi connectivity index (χ1) is 13.3. The molecule has 0 atom stereocenters. The third kappa shape index (κ3) is 4.55. The molecule has 2 aromatic carbocycles. The average molecular weight is 612 g/mol. The molecule has 0 amide bonds. The number of hydrogen-bond acceptors (Lipinski definition) is 1. The molecule has 0 saturated carbocycles. The third-order valence-electron chi connectivity index (χ3n) is 4.69. The van der Waals surface area contributed by atoms with Crippen LogP contribution in [0.4, 0.5) is 5.69 Å². The Labute approximate surface area is 196 Å². The minimum absolute atomic E-state index is 0. The number of anilines is 1. The van der Waals surface area contributed by atoms with Crippen molar-refractivity contribution in [1.82, 2.24) is 0 Å². The predicted octanol–water partition coefficient (Wildman–Crippen LogP) is 0.706. The van der Waals surface area contributed by atoms with Crippen LogP contribution in [0, 0.1) is 0 Å². The fourth-order valence-corrected chi connectivity index (χ4v) is 7.38. The standard InChI is InChI=1S/C23H23N2Se2.HI/c1-3-18(15-16-24-17-26-21-11-7-5-9-19(21)24)13-14-23-25(4-2)20-10-6-8-12-22(20)27-23;/h5-17H,3-4H2,1-2H3;1H/q+1;/p-1. The molecule has 0 saturated heterocycles. The zero-order valence-electron chi connectivity index (χ0n) is 16.0. The van der Waals surface area contributed by atoms with E-state index in [1.807, 2.05) is 0 Å². The number of para-hydroxylation sites is 2. The van der Waals surface area contributed by atoms with Gasteiger partial charge in [0.15, 0.2) is 0 Å². The summed E-state index contributed by atoms with van der Waals surface area (Å²) >= 11 is 0.842. The van der Waals surface area contributed by atoms with Crippen molar-refractivity contribution >= 4 is 55.6 Å². The molecule has 0 radical (unpaired) electrons. The zero-order chi connectivity index (χ0) is 18.6. The summed E-state index contributed by atoms with van der Waals surface area (Å²) < 4.78 is 6.68. The van der Waals surface area contributed by atoms with Crippen molar-refractivity contribution in [1.29, 1.82) is 0 Å². The van der Waals surface area contributed by atoms with Crippen molar-refractivity contribution in [2.75, 3.05) is 11.4 Å². The minimum Gasteiger partial charge on any atom is -1.00 e. The van der Waals surface area contributed by atoms with E-state index in [2.05, 4.69) is 101 Å². The summed E-state index contributed by atoms with van der Waals surface area (Å²) in [6.07, 6.45) is 10.1. The number of benzene rings is 2. The molecule has 3 aromatic rings. The maximum absolute atomic E-state index is 2.45. The predicted molar refractivity (Wildman–Crippen MR) is 118 cm³/mol. The summed E-state index contributed by atoms with van der Waals surface area (Å²) in [5, 5.41) is 2.31. The van der Waals surface area contributed by atoms with Gasteiger partial charge in [0.25, 0.3) is 0 Å². The van der Waals surface area contributed by atoms with Gasteiger partial charge in [-0.15, -0.1) is 0 Å². The van der Waals surface area contributed by atoms with Gasteiger partial charge >= 0.3 is 174 Å². The number of hydrogen-bond donors (Lipinski definition) is 0. The number of halogens is 1. The first-order valence-electron chi connectivity index (χ1n) is 9.31. The van der Waals surface area contributed by atoms with Crippen molar-refractivity contribution in [3.8, 4) is 0 Å². The summed E-state index contributed by atoms with van der Waals surface area (Å²) in [5.41, 5.74) is 4.07. The van der Waals surface area contributed by atoms with E-state index in [0.29, 0.717) is 29.5 Å². The van der Waals surface area contributed by atoms with Gasteiger partial charge in [-0.05, 0) is 0 Å². The van der Waals surface area contributed by atoms with E-state index in [-0.39, 0.29) is 24.0 Å². The quantitative estimate of drug-likeness (QED) is 0.178. The molecule has 0 spiro atoms. The van der Waals surface area contributed by atoms with Crippen LogP contribution in [0.5, 0.6) is 0 Å². The van der Waals surface area contributed by atoms with Gasteiger partial charge in [-0.3, -0.25) is 0 Å². The van der Waals surface area contributed by atoms with Crippen molar-refractivity contribution < 1.29 is 28.5 Å². The zero-order valence-corrected chi connectivity index (χ0v) is 21.6. The molecule has 1 aromatic heterocycles. The molecule has 1 aliphatic heterocycles. The van der Waals surface area contributed by atoms with Crippen LogP contribution < -0.4 is 37.9 Å². The van der Waals surface area contributed by atoms with Crippen molar-refractivity contribution in [3.05, 3.63) is 82.0 Å². The molecule has 0 aliphatic carbocycles. The first kappa shape index (κ1) is 21.6. The van der Waals surface area contributed by atoms with E-state index >= 15 is 0 Å². The molecule has 5 heteroatoms. The Balaban J connectivity index is 0.00000225. The van der Waals surface area contributed by atoms with Crippen LogP contribution in [-0.4, -0.2) is 36.0 Å². The molecular weight excluding hydrogens is 589 g/mol. The van der Waals surface area contributed by atoms with Gasteiger partial charge in [-0.2, -0.15) is 0 Å². The van der Waals surface area contributed by atoms with E-state index in [0.717, 1.165) is 13.0 Å². The average Bonchev–Trinajstić information content (AvgIpc) is 3.29. The molecule has 2 nitrogen and oxygen atoms in total. The van der Waals surface area contributed by atoms with Crippen molar-refractivity contribution in [2.24, 2.45) is 0 Å². The van der Waals surface area contributed by atoms with E-state index in [4.69, 9.17) is 0 Å². The summed E-state index contributed by atoms with van der Waals surface area (Å²) in [6, 6.07) is 17.5. The summed E-state index contributed by atoms with van der Waals surface area (Å²) in [5.74, 6) is 0. The fraction of sp³-hybridized carbons (Fsp3) is 0.174. The van der Waals surface area contributed by atoms with Crippen LogP contribution in [-0.2, 0) is 0 Å². The number of rotatable bonds is 5.